The van der Waals surface area contributed by atoms with Crippen LogP contribution in [0.3, 0.4) is 0 Å². The van der Waals surface area contributed by atoms with Crippen LogP contribution in [0.25, 0.3) is 0 Å². The average molecular weight is 139 g/mol. The fraction of sp³-hybridized carbons (Fsp3) is 1.00. The number of aliphatic hydroxyl groups is 1. The molecule has 0 aromatic carbocycles. The predicted molar refractivity (Wildman–Crippen MR) is 37.5 cm³/mol. The summed E-state index contributed by atoms with van der Waals surface area (Å²) in [5.74, 6) is 2.40. The second-order valence-corrected chi connectivity index (χ2v) is 4.08. The minimum absolute atomic E-state index is 0.0104. The Kier molecular flexibility index (Phi) is 0.868. The molecule has 0 aromatic heterocycles. The third-order valence-corrected chi connectivity index (χ3v) is 3.71. The summed E-state index contributed by atoms with van der Waals surface area (Å²) in [7, 11) is 0. The molecule has 2 nitrogen and oxygen atoms in total. The van der Waals surface area contributed by atoms with Crippen LogP contribution in [-0.4, -0.2) is 23.8 Å². The molecule has 3 aliphatic rings. The van der Waals surface area contributed by atoms with Crippen molar-refractivity contribution in [2.24, 2.45) is 17.8 Å². The highest BCUT2D eigenvalue weighted by Crippen LogP contribution is 2.51. The molecule has 0 spiro atoms. The lowest BCUT2D eigenvalue weighted by molar-refractivity contribution is 0.0909. The third kappa shape index (κ3) is 0.453. The maximum atomic E-state index is 9.64. The van der Waals surface area contributed by atoms with Crippen LogP contribution in [0.1, 0.15) is 12.8 Å². The van der Waals surface area contributed by atoms with Gasteiger partial charge in [0.15, 0.2) is 0 Å². The van der Waals surface area contributed by atoms with Crippen LogP contribution >= 0.6 is 0 Å². The molecule has 2 aliphatic carbocycles. The minimum Gasteiger partial charge on any atom is -0.391 e. The van der Waals surface area contributed by atoms with Crippen LogP contribution in [0, 0.1) is 17.8 Å². The standard InChI is InChI=1S/C8H13NO/c10-8-4-1-5-3-9-7(8)6(5)2-4/h4-10H,1-3H2/t4-,5-,6-,7+,8+/m0/s1. The van der Waals surface area contributed by atoms with E-state index >= 15 is 0 Å². The zero-order chi connectivity index (χ0) is 6.72. The van der Waals surface area contributed by atoms with Crippen LogP contribution in [-0.2, 0) is 0 Å². The molecule has 2 heteroatoms. The van der Waals surface area contributed by atoms with Crippen molar-refractivity contribution in [3.8, 4) is 0 Å². The normalized spacial score (nSPS) is 63.9. The van der Waals surface area contributed by atoms with Gasteiger partial charge in [0.25, 0.3) is 0 Å². The molecule has 1 saturated heterocycles. The van der Waals surface area contributed by atoms with E-state index in [1.807, 2.05) is 0 Å². The molecule has 0 amide bonds. The van der Waals surface area contributed by atoms with E-state index in [1.54, 1.807) is 0 Å². The second kappa shape index (κ2) is 1.56. The molecule has 1 heterocycles. The van der Waals surface area contributed by atoms with Crippen molar-refractivity contribution in [2.75, 3.05) is 6.54 Å². The van der Waals surface area contributed by atoms with E-state index in [-0.39, 0.29) is 6.10 Å². The predicted octanol–water partition coefficient (Wildman–Crippen LogP) is -0.0249. The summed E-state index contributed by atoms with van der Waals surface area (Å²) in [6.07, 6.45) is 2.57. The summed E-state index contributed by atoms with van der Waals surface area (Å²) in [6.45, 7) is 1.17. The molecule has 3 rings (SSSR count). The Morgan fingerprint density at radius 2 is 2.10 bits per heavy atom. The molecule has 0 unspecified atom stereocenters. The van der Waals surface area contributed by atoms with Gasteiger partial charge < -0.3 is 10.4 Å². The first-order valence-electron chi connectivity index (χ1n) is 4.28. The number of aliphatic hydroxyl groups excluding tert-OH is 1. The first-order chi connectivity index (χ1) is 4.86. The molecule has 2 N–H and O–H groups in total. The topological polar surface area (TPSA) is 32.3 Å². The summed E-state index contributed by atoms with van der Waals surface area (Å²) in [5.41, 5.74) is 0. The summed E-state index contributed by atoms with van der Waals surface area (Å²) in [4.78, 5) is 0. The Morgan fingerprint density at radius 1 is 1.20 bits per heavy atom. The van der Waals surface area contributed by atoms with Crippen LogP contribution in [0.2, 0.25) is 0 Å². The first kappa shape index (κ1) is 5.56. The Balaban J connectivity index is 2.00. The van der Waals surface area contributed by atoms with Crippen molar-refractivity contribution in [1.29, 1.82) is 0 Å². The van der Waals surface area contributed by atoms with Gasteiger partial charge in [-0.1, -0.05) is 0 Å². The average Bonchev–Trinajstić information content (AvgIpc) is 2.43. The van der Waals surface area contributed by atoms with Gasteiger partial charge in [-0.3, -0.25) is 0 Å². The van der Waals surface area contributed by atoms with Gasteiger partial charge in [0.05, 0.1) is 6.10 Å². The van der Waals surface area contributed by atoms with E-state index in [1.165, 1.54) is 19.4 Å². The highest BCUT2D eigenvalue weighted by molar-refractivity contribution is 5.09. The van der Waals surface area contributed by atoms with E-state index in [4.69, 9.17) is 0 Å². The number of hydrogen-bond acceptors (Lipinski definition) is 2. The Bertz CT molecular complexity index is 169. The Labute approximate surface area is 60.6 Å². The molecule has 0 aromatic rings. The number of rotatable bonds is 0. The number of hydrogen-bond donors (Lipinski definition) is 2. The minimum atomic E-state index is -0.0104. The molecule has 10 heavy (non-hydrogen) atoms. The zero-order valence-electron chi connectivity index (χ0n) is 5.96. The molecular formula is C8H13NO. The van der Waals surface area contributed by atoms with Crippen LogP contribution in [0.15, 0.2) is 0 Å². The van der Waals surface area contributed by atoms with Crippen LogP contribution in [0.4, 0.5) is 0 Å². The van der Waals surface area contributed by atoms with Crippen LogP contribution < -0.4 is 5.32 Å². The van der Waals surface area contributed by atoms with Crippen molar-refractivity contribution in [1.82, 2.24) is 5.32 Å². The Hall–Kier alpha value is -0.0800. The van der Waals surface area contributed by atoms with Gasteiger partial charge in [0, 0.05) is 6.04 Å². The van der Waals surface area contributed by atoms with Gasteiger partial charge in [-0.15, -0.1) is 0 Å². The van der Waals surface area contributed by atoms with Crippen molar-refractivity contribution in [3.63, 3.8) is 0 Å². The third-order valence-electron chi connectivity index (χ3n) is 3.71. The second-order valence-electron chi connectivity index (χ2n) is 4.08. The summed E-state index contributed by atoms with van der Waals surface area (Å²) in [6, 6.07) is 0.476. The highest BCUT2D eigenvalue weighted by atomic mass is 16.3. The number of nitrogens with one attached hydrogen (secondary N) is 1. The van der Waals surface area contributed by atoms with Crippen molar-refractivity contribution in [3.05, 3.63) is 0 Å². The SMILES string of the molecule is O[C@@H]1[C@H]2C[C@H]3CN[C@@H]1[C@H]3C2. The maximum absolute atomic E-state index is 9.64. The molecule has 1 aliphatic heterocycles. The van der Waals surface area contributed by atoms with Gasteiger partial charge in [0.1, 0.15) is 0 Å². The van der Waals surface area contributed by atoms with E-state index in [0.717, 1.165) is 11.8 Å². The highest BCUT2D eigenvalue weighted by Gasteiger charge is 2.55. The largest absolute Gasteiger partial charge is 0.391 e. The molecule has 0 radical (unpaired) electrons. The van der Waals surface area contributed by atoms with Gasteiger partial charge in [0.2, 0.25) is 0 Å². The van der Waals surface area contributed by atoms with Gasteiger partial charge in [-0.25, -0.2) is 0 Å². The molecule has 2 bridgehead atoms. The molecule has 3 fully saturated rings. The monoisotopic (exact) mass is 139 g/mol. The maximum Gasteiger partial charge on any atom is 0.0724 e. The van der Waals surface area contributed by atoms with Gasteiger partial charge >= 0.3 is 0 Å². The van der Waals surface area contributed by atoms with E-state index in [0.29, 0.717) is 12.0 Å². The summed E-state index contributed by atoms with van der Waals surface area (Å²) < 4.78 is 0. The molecular weight excluding hydrogens is 126 g/mol. The first-order valence-corrected chi connectivity index (χ1v) is 4.28. The van der Waals surface area contributed by atoms with E-state index in [2.05, 4.69) is 5.32 Å². The van der Waals surface area contributed by atoms with Gasteiger partial charge in [-0.2, -0.15) is 0 Å². The molecule has 2 saturated carbocycles. The molecule has 5 atom stereocenters. The summed E-state index contributed by atoms with van der Waals surface area (Å²) >= 11 is 0. The summed E-state index contributed by atoms with van der Waals surface area (Å²) in [5, 5.41) is 13.1. The van der Waals surface area contributed by atoms with Gasteiger partial charge in [-0.05, 0) is 37.1 Å². The van der Waals surface area contributed by atoms with E-state index < -0.39 is 0 Å². The molecule has 56 valence electrons. The Morgan fingerprint density at radius 3 is 2.80 bits per heavy atom. The lowest BCUT2D eigenvalue weighted by Crippen LogP contribution is -2.37. The fourth-order valence-corrected chi connectivity index (χ4v) is 3.26. The lowest BCUT2D eigenvalue weighted by atomic mass is 9.88. The smallest absolute Gasteiger partial charge is 0.0724 e. The van der Waals surface area contributed by atoms with Crippen molar-refractivity contribution in [2.45, 2.75) is 25.0 Å². The van der Waals surface area contributed by atoms with Crippen molar-refractivity contribution < 1.29 is 5.11 Å². The van der Waals surface area contributed by atoms with Crippen LogP contribution in [0.5, 0.6) is 0 Å². The van der Waals surface area contributed by atoms with Crippen molar-refractivity contribution >= 4 is 0 Å². The fourth-order valence-electron chi connectivity index (χ4n) is 3.26. The lowest BCUT2D eigenvalue weighted by Gasteiger charge is -2.22. The number of fused-ring (bicyclic) bond motifs is 1. The zero-order valence-corrected chi connectivity index (χ0v) is 5.96. The quantitative estimate of drug-likeness (QED) is 0.494. The van der Waals surface area contributed by atoms with E-state index in [9.17, 15) is 5.11 Å².